The second kappa shape index (κ2) is 5.64. The van der Waals surface area contributed by atoms with Gasteiger partial charge in [0, 0.05) is 32.8 Å². The predicted octanol–water partition coefficient (Wildman–Crippen LogP) is 3.26. The van der Waals surface area contributed by atoms with Crippen molar-refractivity contribution in [2.45, 2.75) is 19.4 Å². The van der Waals surface area contributed by atoms with E-state index in [1.54, 1.807) is 0 Å². The Balaban J connectivity index is 1.82. The monoisotopic (exact) mass is 283 g/mol. The Morgan fingerprint density at radius 2 is 2.14 bits per heavy atom. The molecule has 1 aromatic heterocycles. The van der Waals surface area contributed by atoms with Gasteiger partial charge in [0.25, 0.3) is 0 Å². The zero-order valence-electron chi connectivity index (χ0n) is 12.8. The highest BCUT2D eigenvalue weighted by molar-refractivity contribution is 5.65. The molecule has 1 unspecified atom stereocenters. The molecular formula is C17H21N3O. The van der Waals surface area contributed by atoms with Crippen LogP contribution >= 0.6 is 0 Å². The Bertz CT molecular complexity index is 640. The molecule has 1 aromatic carbocycles. The molecule has 110 valence electrons. The van der Waals surface area contributed by atoms with Gasteiger partial charge in [0.1, 0.15) is 5.75 Å². The minimum Gasteiger partial charge on any atom is -0.493 e. The standard InChI is InChI=1S/C17H21N3O/c1-12(13-6-7-16-14(11-13)8-10-21-16)19-15-5-4-9-18-17(15)20(2)3/h4-7,9,11-12,19H,8,10H2,1-3H3. The summed E-state index contributed by atoms with van der Waals surface area (Å²) in [5.41, 5.74) is 3.62. The van der Waals surface area contributed by atoms with E-state index in [0.717, 1.165) is 30.3 Å². The molecule has 1 N–H and O–H groups in total. The predicted molar refractivity (Wildman–Crippen MR) is 86.2 cm³/mol. The fraction of sp³-hybridized carbons (Fsp3) is 0.353. The van der Waals surface area contributed by atoms with Crippen molar-refractivity contribution < 1.29 is 4.74 Å². The van der Waals surface area contributed by atoms with Crippen LogP contribution in [0.3, 0.4) is 0 Å². The van der Waals surface area contributed by atoms with Crippen LogP contribution in [-0.4, -0.2) is 25.7 Å². The van der Waals surface area contributed by atoms with Crippen molar-refractivity contribution in [3.8, 4) is 5.75 Å². The van der Waals surface area contributed by atoms with Crippen LogP contribution in [0.1, 0.15) is 24.1 Å². The number of hydrogen-bond donors (Lipinski definition) is 1. The van der Waals surface area contributed by atoms with Gasteiger partial charge in [-0.3, -0.25) is 0 Å². The third-order valence-corrected chi connectivity index (χ3v) is 3.80. The molecule has 1 aliphatic rings. The summed E-state index contributed by atoms with van der Waals surface area (Å²) in [6, 6.07) is 10.7. The van der Waals surface area contributed by atoms with Crippen LogP contribution < -0.4 is 15.0 Å². The summed E-state index contributed by atoms with van der Waals surface area (Å²) in [5, 5.41) is 3.55. The summed E-state index contributed by atoms with van der Waals surface area (Å²) in [6.07, 6.45) is 2.82. The van der Waals surface area contributed by atoms with Crippen molar-refractivity contribution in [3.63, 3.8) is 0 Å². The third kappa shape index (κ3) is 2.79. The second-order valence-electron chi connectivity index (χ2n) is 5.60. The number of hydrogen-bond acceptors (Lipinski definition) is 4. The van der Waals surface area contributed by atoms with Crippen LogP contribution in [0.15, 0.2) is 36.5 Å². The average molecular weight is 283 g/mol. The Morgan fingerprint density at radius 3 is 2.95 bits per heavy atom. The number of rotatable bonds is 4. The number of fused-ring (bicyclic) bond motifs is 1. The highest BCUT2D eigenvalue weighted by atomic mass is 16.5. The van der Waals surface area contributed by atoms with Crippen molar-refractivity contribution in [1.29, 1.82) is 0 Å². The molecule has 1 aliphatic heterocycles. The Morgan fingerprint density at radius 1 is 1.29 bits per heavy atom. The summed E-state index contributed by atoms with van der Waals surface area (Å²) >= 11 is 0. The maximum absolute atomic E-state index is 5.56. The van der Waals surface area contributed by atoms with Crippen LogP contribution in [-0.2, 0) is 6.42 Å². The van der Waals surface area contributed by atoms with E-state index in [2.05, 4.69) is 41.5 Å². The molecule has 2 aromatic rings. The van der Waals surface area contributed by atoms with E-state index < -0.39 is 0 Å². The summed E-state index contributed by atoms with van der Waals surface area (Å²) in [6.45, 7) is 2.97. The number of pyridine rings is 1. The van der Waals surface area contributed by atoms with Crippen molar-refractivity contribution in [2.75, 3.05) is 30.9 Å². The van der Waals surface area contributed by atoms with Crippen LogP contribution in [0.25, 0.3) is 0 Å². The molecule has 0 saturated heterocycles. The van der Waals surface area contributed by atoms with Crippen molar-refractivity contribution >= 4 is 11.5 Å². The molecule has 0 amide bonds. The molecule has 0 spiro atoms. The van der Waals surface area contributed by atoms with Gasteiger partial charge in [-0.15, -0.1) is 0 Å². The van der Waals surface area contributed by atoms with E-state index in [1.165, 1.54) is 11.1 Å². The largest absolute Gasteiger partial charge is 0.493 e. The maximum atomic E-state index is 5.56. The highest BCUT2D eigenvalue weighted by Crippen LogP contribution is 2.30. The number of nitrogens with zero attached hydrogens (tertiary/aromatic N) is 2. The van der Waals surface area contributed by atoms with Gasteiger partial charge in [-0.25, -0.2) is 4.98 Å². The van der Waals surface area contributed by atoms with Gasteiger partial charge in [-0.2, -0.15) is 0 Å². The summed E-state index contributed by atoms with van der Waals surface area (Å²) in [5.74, 6) is 1.98. The minimum absolute atomic E-state index is 0.221. The number of ether oxygens (including phenoxy) is 1. The zero-order chi connectivity index (χ0) is 14.8. The van der Waals surface area contributed by atoms with E-state index in [1.807, 2.05) is 31.3 Å². The number of benzene rings is 1. The molecule has 4 heteroatoms. The van der Waals surface area contributed by atoms with E-state index in [4.69, 9.17) is 4.74 Å². The van der Waals surface area contributed by atoms with Gasteiger partial charge in [-0.05, 0) is 42.3 Å². The molecule has 0 aliphatic carbocycles. The van der Waals surface area contributed by atoms with Crippen LogP contribution in [0, 0.1) is 0 Å². The SMILES string of the molecule is CC(Nc1cccnc1N(C)C)c1ccc2c(c1)CCO2. The maximum Gasteiger partial charge on any atom is 0.151 e. The molecule has 4 nitrogen and oxygen atoms in total. The first kappa shape index (κ1) is 13.7. The van der Waals surface area contributed by atoms with Gasteiger partial charge in [0.2, 0.25) is 0 Å². The fourth-order valence-corrected chi connectivity index (χ4v) is 2.66. The average Bonchev–Trinajstić information content (AvgIpc) is 2.94. The normalized spacial score (nSPS) is 14.2. The molecular weight excluding hydrogens is 262 g/mol. The second-order valence-corrected chi connectivity index (χ2v) is 5.60. The molecule has 0 saturated carbocycles. The molecule has 0 radical (unpaired) electrons. The lowest BCUT2D eigenvalue weighted by Gasteiger charge is -2.21. The first-order valence-electron chi connectivity index (χ1n) is 7.29. The molecule has 2 heterocycles. The van der Waals surface area contributed by atoms with Crippen LogP contribution in [0.2, 0.25) is 0 Å². The van der Waals surface area contributed by atoms with Gasteiger partial charge in [-0.1, -0.05) is 6.07 Å². The highest BCUT2D eigenvalue weighted by Gasteiger charge is 2.15. The minimum atomic E-state index is 0.221. The van der Waals surface area contributed by atoms with E-state index >= 15 is 0 Å². The van der Waals surface area contributed by atoms with Crippen LogP contribution in [0.4, 0.5) is 11.5 Å². The van der Waals surface area contributed by atoms with Gasteiger partial charge in [0.15, 0.2) is 5.82 Å². The van der Waals surface area contributed by atoms with Gasteiger partial charge in [0.05, 0.1) is 12.3 Å². The van der Waals surface area contributed by atoms with E-state index in [-0.39, 0.29) is 6.04 Å². The first-order chi connectivity index (χ1) is 10.1. The molecule has 0 fully saturated rings. The molecule has 3 rings (SSSR count). The van der Waals surface area contributed by atoms with Gasteiger partial charge < -0.3 is 15.0 Å². The van der Waals surface area contributed by atoms with Crippen molar-refractivity contribution in [2.24, 2.45) is 0 Å². The fourth-order valence-electron chi connectivity index (χ4n) is 2.66. The summed E-state index contributed by atoms with van der Waals surface area (Å²) in [4.78, 5) is 6.45. The van der Waals surface area contributed by atoms with Crippen molar-refractivity contribution in [1.82, 2.24) is 4.98 Å². The smallest absolute Gasteiger partial charge is 0.151 e. The lowest BCUT2D eigenvalue weighted by atomic mass is 10.0. The summed E-state index contributed by atoms with van der Waals surface area (Å²) in [7, 11) is 4.01. The lowest BCUT2D eigenvalue weighted by Crippen LogP contribution is -2.15. The van der Waals surface area contributed by atoms with Crippen molar-refractivity contribution in [3.05, 3.63) is 47.7 Å². The molecule has 1 atom stereocenters. The number of anilines is 2. The third-order valence-electron chi connectivity index (χ3n) is 3.80. The number of nitrogens with one attached hydrogen (secondary N) is 1. The molecule has 0 bridgehead atoms. The van der Waals surface area contributed by atoms with Gasteiger partial charge >= 0.3 is 0 Å². The van der Waals surface area contributed by atoms with E-state index in [9.17, 15) is 0 Å². The molecule has 21 heavy (non-hydrogen) atoms. The topological polar surface area (TPSA) is 37.4 Å². The lowest BCUT2D eigenvalue weighted by molar-refractivity contribution is 0.357. The summed E-state index contributed by atoms with van der Waals surface area (Å²) < 4.78 is 5.56. The first-order valence-corrected chi connectivity index (χ1v) is 7.29. The Labute approximate surface area is 125 Å². The Kier molecular flexibility index (Phi) is 3.69. The quantitative estimate of drug-likeness (QED) is 0.934. The van der Waals surface area contributed by atoms with Crippen LogP contribution in [0.5, 0.6) is 5.75 Å². The van der Waals surface area contributed by atoms with E-state index in [0.29, 0.717) is 0 Å². The zero-order valence-corrected chi connectivity index (χ0v) is 12.8. The Hall–Kier alpha value is -2.23. The number of aromatic nitrogens is 1.